The molecule has 2 heterocycles. The molecule has 2 aromatic heterocycles. The summed E-state index contributed by atoms with van der Waals surface area (Å²) in [5.41, 5.74) is 3.06. The fraction of sp³-hybridized carbons (Fsp3) is 0.350. The Morgan fingerprint density at radius 3 is 2.96 bits per heavy atom. The van der Waals surface area contributed by atoms with Crippen LogP contribution >= 0.6 is 11.3 Å². The van der Waals surface area contributed by atoms with Gasteiger partial charge in [-0.1, -0.05) is 36.2 Å². The standard InChI is InChI=1S/C20H21N3O2S/c1-13-6-5-7-14(10-13)11-21-18(24)15-12-22-20-23(19(15)25)16-8-3-2-4-9-17(16)26-20/h5-7,10,12H,2-4,8-9,11H2,1H3,(H,21,24). The van der Waals surface area contributed by atoms with Gasteiger partial charge in [0.2, 0.25) is 0 Å². The summed E-state index contributed by atoms with van der Waals surface area (Å²) < 4.78 is 1.66. The molecule has 26 heavy (non-hydrogen) atoms. The lowest BCUT2D eigenvalue weighted by molar-refractivity contribution is 0.0949. The quantitative estimate of drug-likeness (QED) is 0.723. The van der Waals surface area contributed by atoms with E-state index in [9.17, 15) is 9.59 Å². The summed E-state index contributed by atoms with van der Waals surface area (Å²) in [7, 11) is 0. The molecule has 1 aliphatic carbocycles. The van der Waals surface area contributed by atoms with Gasteiger partial charge in [-0.15, -0.1) is 11.3 Å². The molecular formula is C20H21N3O2S. The van der Waals surface area contributed by atoms with Gasteiger partial charge in [0.25, 0.3) is 11.5 Å². The fourth-order valence-electron chi connectivity index (χ4n) is 3.50. The third kappa shape index (κ3) is 3.17. The molecule has 0 fully saturated rings. The number of thiazole rings is 1. The minimum Gasteiger partial charge on any atom is -0.348 e. The lowest BCUT2D eigenvalue weighted by atomic mass is 10.1. The van der Waals surface area contributed by atoms with Crippen LogP contribution in [0.15, 0.2) is 35.3 Å². The van der Waals surface area contributed by atoms with Crippen molar-refractivity contribution in [2.45, 2.75) is 45.6 Å². The van der Waals surface area contributed by atoms with Crippen LogP contribution in [0.25, 0.3) is 4.96 Å². The Kier molecular flexibility index (Phi) is 4.59. The van der Waals surface area contributed by atoms with E-state index in [0.717, 1.165) is 42.5 Å². The minimum absolute atomic E-state index is 0.111. The maximum Gasteiger partial charge on any atom is 0.271 e. The van der Waals surface area contributed by atoms with E-state index in [1.807, 2.05) is 31.2 Å². The average Bonchev–Trinajstić information content (AvgIpc) is 2.83. The van der Waals surface area contributed by atoms with E-state index in [1.54, 1.807) is 15.7 Å². The molecule has 4 rings (SSSR count). The van der Waals surface area contributed by atoms with Gasteiger partial charge in [-0.3, -0.25) is 14.0 Å². The molecule has 134 valence electrons. The molecule has 0 atom stereocenters. The van der Waals surface area contributed by atoms with Gasteiger partial charge in [0, 0.05) is 23.3 Å². The maximum absolute atomic E-state index is 12.9. The highest BCUT2D eigenvalue weighted by Crippen LogP contribution is 2.27. The Hall–Kier alpha value is -2.47. The number of carbonyl (C=O) groups is 1. The van der Waals surface area contributed by atoms with Crippen LogP contribution in [-0.4, -0.2) is 15.3 Å². The summed E-state index contributed by atoms with van der Waals surface area (Å²) in [6.07, 6.45) is 6.71. The largest absolute Gasteiger partial charge is 0.348 e. The van der Waals surface area contributed by atoms with Crippen LogP contribution in [-0.2, 0) is 19.4 Å². The zero-order valence-electron chi connectivity index (χ0n) is 14.7. The summed E-state index contributed by atoms with van der Waals surface area (Å²) in [5, 5.41) is 2.84. The molecule has 1 N–H and O–H groups in total. The zero-order valence-corrected chi connectivity index (χ0v) is 15.6. The number of rotatable bonds is 3. The third-order valence-electron chi connectivity index (χ3n) is 4.83. The summed E-state index contributed by atoms with van der Waals surface area (Å²) in [4.78, 5) is 31.8. The highest BCUT2D eigenvalue weighted by Gasteiger charge is 2.20. The monoisotopic (exact) mass is 367 g/mol. The molecule has 6 heteroatoms. The highest BCUT2D eigenvalue weighted by molar-refractivity contribution is 7.17. The number of aromatic nitrogens is 2. The first kappa shape index (κ1) is 17.0. The number of nitrogens with zero attached hydrogens (tertiary/aromatic N) is 2. The van der Waals surface area contributed by atoms with Crippen LogP contribution in [0.2, 0.25) is 0 Å². The second-order valence-corrected chi connectivity index (χ2v) is 7.86. The lowest BCUT2D eigenvalue weighted by Gasteiger charge is -2.07. The Morgan fingerprint density at radius 1 is 1.27 bits per heavy atom. The van der Waals surface area contributed by atoms with Crippen molar-refractivity contribution in [1.82, 2.24) is 14.7 Å². The Morgan fingerprint density at radius 2 is 2.12 bits per heavy atom. The topological polar surface area (TPSA) is 63.5 Å². The van der Waals surface area contributed by atoms with Gasteiger partial charge in [-0.2, -0.15) is 0 Å². The van der Waals surface area contributed by atoms with E-state index < -0.39 is 0 Å². The molecule has 5 nitrogen and oxygen atoms in total. The molecule has 0 radical (unpaired) electrons. The summed E-state index contributed by atoms with van der Waals surface area (Å²) in [5.74, 6) is -0.369. The van der Waals surface area contributed by atoms with Crippen LogP contribution < -0.4 is 10.9 Å². The van der Waals surface area contributed by atoms with Crippen LogP contribution in [0.3, 0.4) is 0 Å². The van der Waals surface area contributed by atoms with Crippen molar-refractivity contribution in [3.63, 3.8) is 0 Å². The van der Waals surface area contributed by atoms with Crippen molar-refractivity contribution in [2.24, 2.45) is 0 Å². The number of amides is 1. The van der Waals surface area contributed by atoms with Crippen molar-refractivity contribution >= 4 is 22.2 Å². The van der Waals surface area contributed by atoms with Crippen LogP contribution in [0.1, 0.15) is 51.3 Å². The van der Waals surface area contributed by atoms with Gasteiger partial charge in [-0.25, -0.2) is 4.98 Å². The van der Waals surface area contributed by atoms with E-state index in [-0.39, 0.29) is 17.0 Å². The van der Waals surface area contributed by atoms with Crippen LogP contribution in [0.5, 0.6) is 0 Å². The number of benzene rings is 1. The summed E-state index contributed by atoms with van der Waals surface area (Å²) in [6.45, 7) is 2.41. The number of carbonyl (C=O) groups excluding carboxylic acids is 1. The van der Waals surface area contributed by atoms with Crippen molar-refractivity contribution < 1.29 is 4.79 Å². The predicted molar refractivity (Wildman–Crippen MR) is 103 cm³/mol. The maximum atomic E-state index is 12.9. The molecule has 0 saturated heterocycles. The predicted octanol–water partition coefficient (Wildman–Crippen LogP) is 3.26. The van der Waals surface area contributed by atoms with Gasteiger partial charge in [0.15, 0.2) is 4.96 Å². The molecular weight excluding hydrogens is 346 g/mol. The molecule has 1 aromatic carbocycles. The minimum atomic E-state index is -0.369. The van der Waals surface area contributed by atoms with E-state index in [0.29, 0.717) is 11.5 Å². The zero-order chi connectivity index (χ0) is 18.1. The van der Waals surface area contributed by atoms with Gasteiger partial charge in [-0.05, 0) is 38.2 Å². The first-order valence-corrected chi connectivity index (χ1v) is 9.81. The van der Waals surface area contributed by atoms with Gasteiger partial charge >= 0.3 is 0 Å². The molecule has 0 unspecified atom stereocenters. The Balaban J connectivity index is 1.64. The number of aryl methyl sites for hydroxylation is 3. The summed E-state index contributed by atoms with van der Waals surface area (Å²) in [6, 6.07) is 7.95. The van der Waals surface area contributed by atoms with Crippen molar-refractivity contribution in [3.05, 3.63) is 68.1 Å². The number of hydrogen-bond donors (Lipinski definition) is 1. The molecule has 1 aliphatic rings. The van der Waals surface area contributed by atoms with E-state index in [4.69, 9.17) is 0 Å². The lowest BCUT2D eigenvalue weighted by Crippen LogP contribution is -2.31. The number of nitrogens with one attached hydrogen (secondary N) is 1. The van der Waals surface area contributed by atoms with Crippen molar-refractivity contribution in [3.8, 4) is 0 Å². The van der Waals surface area contributed by atoms with Gasteiger partial charge in [0.05, 0.1) is 0 Å². The third-order valence-corrected chi connectivity index (χ3v) is 5.99. The van der Waals surface area contributed by atoms with Gasteiger partial charge < -0.3 is 5.32 Å². The first-order chi connectivity index (χ1) is 12.6. The van der Waals surface area contributed by atoms with Crippen LogP contribution in [0, 0.1) is 6.92 Å². The SMILES string of the molecule is Cc1cccc(CNC(=O)c2cnc3sc4c(n3c2=O)CCCCC4)c1. The molecule has 3 aromatic rings. The second kappa shape index (κ2) is 7.03. The van der Waals surface area contributed by atoms with Crippen molar-refractivity contribution in [1.29, 1.82) is 0 Å². The molecule has 0 saturated carbocycles. The Bertz CT molecular complexity index is 1040. The highest BCUT2D eigenvalue weighted by atomic mass is 32.1. The molecule has 0 spiro atoms. The van der Waals surface area contributed by atoms with E-state index in [2.05, 4.69) is 10.3 Å². The van der Waals surface area contributed by atoms with E-state index >= 15 is 0 Å². The van der Waals surface area contributed by atoms with Gasteiger partial charge in [0.1, 0.15) is 5.56 Å². The van der Waals surface area contributed by atoms with Crippen molar-refractivity contribution in [2.75, 3.05) is 0 Å². The second-order valence-electron chi connectivity index (χ2n) is 6.80. The summed E-state index contributed by atoms with van der Waals surface area (Å²) >= 11 is 1.58. The van der Waals surface area contributed by atoms with E-state index in [1.165, 1.54) is 17.5 Å². The smallest absolute Gasteiger partial charge is 0.271 e. The normalized spacial score (nSPS) is 14.0. The number of fused-ring (bicyclic) bond motifs is 3. The molecule has 0 aliphatic heterocycles. The molecule has 1 amide bonds. The average molecular weight is 367 g/mol. The fourth-order valence-corrected chi connectivity index (χ4v) is 4.67. The Labute approximate surface area is 155 Å². The molecule has 0 bridgehead atoms. The first-order valence-electron chi connectivity index (χ1n) is 8.99. The van der Waals surface area contributed by atoms with Crippen LogP contribution in [0.4, 0.5) is 0 Å². The number of hydrogen-bond acceptors (Lipinski definition) is 4.